The van der Waals surface area contributed by atoms with Crippen LogP contribution in [0.25, 0.3) is 0 Å². The Balaban J connectivity index is 2.18. The normalized spacial score (nSPS) is 12.4. The van der Waals surface area contributed by atoms with Gasteiger partial charge in [0.05, 0.1) is 0 Å². The molecule has 0 fully saturated rings. The summed E-state index contributed by atoms with van der Waals surface area (Å²) in [4.78, 5) is 11.3. The van der Waals surface area contributed by atoms with Crippen LogP contribution < -0.4 is 0 Å². The number of carbonyl (C=O) groups excluding carboxylic acids is 1. The molecule has 0 N–H and O–H groups in total. The van der Waals surface area contributed by atoms with E-state index in [1.54, 1.807) is 18.2 Å². The molecule has 104 valence electrons. The highest BCUT2D eigenvalue weighted by atomic mass is 19.1. The van der Waals surface area contributed by atoms with E-state index in [0.717, 1.165) is 11.8 Å². The lowest BCUT2D eigenvalue weighted by Gasteiger charge is -2.13. The predicted octanol–water partition coefficient (Wildman–Crippen LogP) is 4.47. The number of benzene rings is 2. The second kappa shape index (κ2) is 6.47. The summed E-state index contributed by atoms with van der Waals surface area (Å²) in [7, 11) is 0. The highest BCUT2D eigenvalue weighted by molar-refractivity contribution is 5.63. The maximum absolute atomic E-state index is 13.7. The maximum Gasteiger partial charge on any atom is 0.127 e. The number of hydrogen-bond acceptors (Lipinski definition) is 1. The summed E-state index contributed by atoms with van der Waals surface area (Å²) in [6.45, 7) is 4.28. The summed E-state index contributed by atoms with van der Waals surface area (Å²) in [6.07, 6.45) is 1.36. The van der Waals surface area contributed by atoms with Gasteiger partial charge in [0, 0.05) is 5.92 Å². The van der Waals surface area contributed by atoms with Crippen molar-refractivity contribution in [3.8, 4) is 0 Å². The Kier molecular flexibility index (Phi) is 4.67. The summed E-state index contributed by atoms with van der Waals surface area (Å²) in [5, 5.41) is 0. The van der Waals surface area contributed by atoms with E-state index in [2.05, 4.69) is 26.0 Å². The molecule has 0 bridgehead atoms. The molecule has 0 saturated heterocycles. The van der Waals surface area contributed by atoms with E-state index in [0.29, 0.717) is 17.9 Å². The van der Waals surface area contributed by atoms with Gasteiger partial charge < -0.3 is 4.79 Å². The average Bonchev–Trinajstić information content (AvgIpc) is 2.46. The molecule has 0 heterocycles. The van der Waals surface area contributed by atoms with Crippen LogP contribution in [0.3, 0.4) is 0 Å². The van der Waals surface area contributed by atoms with E-state index in [1.165, 1.54) is 11.6 Å². The molecular formula is C18H19FO. The van der Waals surface area contributed by atoms with Crippen molar-refractivity contribution in [2.75, 3.05) is 0 Å². The fourth-order valence-corrected chi connectivity index (χ4v) is 2.30. The molecule has 2 rings (SSSR count). The summed E-state index contributed by atoms with van der Waals surface area (Å²) < 4.78 is 13.7. The summed E-state index contributed by atoms with van der Waals surface area (Å²) in [5.74, 6) is -0.262. The Labute approximate surface area is 119 Å². The standard InChI is InChI=1S/C18H19FO/c1-13(2)15-9-7-14(8-10-15)11-16(12-20)17-5-3-4-6-18(17)19/h3-10,12-13,16H,11H2,1-2H3. The SMILES string of the molecule is CC(C)c1ccc(CC(C=O)c2ccccc2F)cc1. The number of aldehydes is 1. The Bertz CT molecular complexity index is 572. The van der Waals surface area contributed by atoms with Crippen LogP contribution in [-0.2, 0) is 11.2 Å². The molecule has 0 aliphatic heterocycles. The van der Waals surface area contributed by atoms with Crippen molar-refractivity contribution in [1.29, 1.82) is 0 Å². The van der Waals surface area contributed by atoms with Crippen LogP contribution in [0.4, 0.5) is 4.39 Å². The molecule has 2 aromatic rings. The third kappa shape index (κ3) is 3.32. The van der Waals surface area contributed by atoms with Crippen LogP contribution in [0.15, 0.2) is 48.5 Å². The van der Waals surface area contributed by atoms with Gasteiger partial charge in [0.15, 0.2) is 0 Å². The van der Waals surface area contributed by atoms with Gasteiger partial charge >= 0.3 is 0 Å². The zero-order valence-corrected chi connectivity index (χ0v) is 11.8. The number of halogens is 1. The van der Waals surface area contributed by atoms with E-state index >= 15 is 0 Å². The largest absolute Gasteiger partial charge is 0.303 e. The van der Waals surface area contributed by atoms with Gasteiger partial charge in [0.25, 0.3) is 0 Å². The Hall–Kier alpha value is -1.96. The number of carbonyl (C=O) groups is 1. The molecule has 0 aliphatic carbocycles. The highest BCUT2D eigenvalue weighted by Gasteiger charge is 2.15. The maximum atomic E-state index is 13.7. The molecule has 1 nitrogen and oxygen atoms in total. The topological polar surface area (TPSA) is 17.1 Å². The molecular weight excluding hydrogens is 251 g/mol. The third-order valence-electron chi connectivity index (χ3n) is 3.57. The molecule has 0 radical (unpaired) electrons. The summed E-state index contributed by atoms with van der Waals surface area (Å²) >= 11 is 0. The van der Waals surface area contributed by atoms with Gasteiger partial charge in [-0.3, -0.25) is 0 Å². The van der Waals surface area contributed by atoms with Crippen molar-refractivity contribution in [3.63, 3.8) is 0 Å². The minimum absolute atomic E-state index is 0.316. The van der Waals surface area contributed by atoms with Crippen LogP contribution >= 0.6 is 0 Å². The van der Waals surface area contributed by atoms with Gasteiger partial charge in [-0.1, -0.05) is 56.3 Å². The molecule has 0 aliphatic rings. The van der Waals surface area contributed by atoms with E-state index in [9.17, 15) is 9.18 Å². The van der Waals surface area contributed by atoms with Crippen LogP contribution in [0, 0.1) is 5.82 Å². The molecule has 20 heavy (non-hydrogen) atoms. The molecule has 0 spiro atoms. The smallest absolute Gasteiger partial charge is 0.127 e. The molecule has 1 atom stereocenters. The minimum Gasteiger partial charge on any atom is -0.303 e. The lowest BCUT2D eigenvalue weighted by atomic mass is 9.91. The Morgan fingerprint density at radius 1 is 1.05 bits per heavy atom. The average molecular weight is 270 g/mol. The quantitative estimate of drug-likeness (QED) is 0.732. The van der Waals surface area contributed by atoms with Crippen LogP contribution in [0.1, 0.15) is 42.4 Å². The van der Waals surface area contributed by atoms with Crippen LogP contribution in [-0.4, -0.2) is 6.29 Å². The lowest BCUT2D eigenvalue weighted by Crippen LogP contribution is -2.06. The van der Waals surface area contributed by atoms with Crippen molar-refractivity contribution in [1.82, 2.24) is 0 Å². The van der Waals surface area contributed by atoms with Gasteiger partial charge in [0.1, 0.15) is 12.1 Å². The molecule has 0 saturated carbocycles. The first-order valence-electron chi connectivity index (χ1n) is 6.90. The van der Waals surface area contributed by atoms with E-state index in [1.807, 2.05) is 12.1 Å². The second-order valence-corrected chi connectivity index (χ2v) is 5.36. The Morgan fingerprint density at radius 3 is 2.25 bits per heavy atom. The van der Waals surface area contributed by atoms with Gasteiger partial charge in [-0.05, 0) is 35.1 Å². The van der Waals surface area contributed by atoms with E-state index in [4.69, 9.17) is 0 Å². The van der Waals surface area contributed by atoms with E-state index in [-0.39, 0.29) is 5.82 Å². The first-order valence-corrected chi connectivity index (χ1v) is 6.90. The monoisotopic (exact) mass is 270 g/mol. The highest BCUT2D eigenvalue weighted by Crippen LogP contribution is 2.23. The lowest BCUT2D eigenvalue weighted by molar-refractivity contribution is -0.109. The Morgan fingerprint density at radius 2 is 1.70 bits per heavy atom. The van der Waals surface area contributed by atoms with Gasteiger partial charge in [-0.2, -0.15) is 0 Å². The molecule has 0 aromatic heterocycles. The van der Waals surface area contributed by atoms with Crippen molar-refractivity contribution in [3.05, 3.63) is 71.0 Å². The van der Waals surface area contributed by atoms with E-state index < -0.39 is 5.92 Å². The number of rotatable bonds is 5. The molecule has 2 heteroatoms. The number of hydrogen-bond donors (Lipinski definition) is 0. The predicted molar refractivity (Wildman–Crippen MR) is 79.4 cm³/mol. The fourth-order valence-electron chi connectivity index (χ4n) is 2.30. The van der Waals surface area contributed by atoms with Crippen molar-refractivity contribution in [2.24, 2.45) is 0 Å². The van der Waals surface area contributed by atoms with Gasteiger partial charge in [0.2, 0.25) is 0 Å². The van der Waals surface area contributed by atoms with Crippen LogP contribution in [0.5, 0.6) is 0 Å². The molecule has 1 unspecified atom stereocenters. The first kappa shape index (κ1) is 14.4. The zero-order chi connectivity index (χ0) is 14.5. The third-order valence-corrected chi connectivity index (χ3v) is 3.57. The van der Waals surface area contributed by atoms with Crippen molar-refractivity contribution in [2.45, 2.75) is 32.1 Å². The zero-order valence-electron chi connectivity index (χ0n) is 11.8. The van der Waals surface area contributed by atoms with Gasteiger partial charge in [-0.15, -0.1) is 0 Å². The first-order chi connectivity index (χ1) is 9.61. The van der Waals surface area contributed by atoms with Crippen LogP contribution in [0.2, 0.25) is 0 Å². The minimum atomic E-state index is -0.430. The molecule has 0 amide bonds. The molecule has 2 aromatic carbocycles. The summed E-state index contributed by atoms with van der Waals surface area (Å²) in [5.41, 5.74) is 2.78. The van der Waals surface area contributed by atoms with Gasteiger partial charge in [-0.25, -0.2) is 4.39 Å². The van der Waals surface area contributed by atoms with Crippen molar-refractivity contribution >= 4 is 6.29 Å². The summed E-state index contributed by atoms with van der Waals surface area (Å²) in [6, 6.07) is 14.7. The second-order valence-electron chi connectivity index (χ2n) is 5.36. The fraction of sp³-hybridized carbons (Fsp3) is 0.278. The van der Waals surface area contributed by atoms with Crippen molar-refractivity contribution < 1.29 is 9.18 Å².